The molecule has 3 aromatic heterocycles. The minimum absolute atomic E-state index is 0.249. The summed E-state index contributed by atoms with van der Waals surface area (Å²) in [5, 5.41) is 24.5. The molecule has 3 aromatic carbocycles. The summed E-state index contributed by atoms with van der Waals surface area (Å²) in [5.41, 5.74) is 8.64. The van der Waals surface area contributed by atoms with Crippen LogP contribution in [0.5, 0.6) is 5.75 Å². The Kier molecular flexibility index (Phi) is 9.89. The van der Waals surface area contributed by atoms with E-state index in [1.807, 2.05) is 65.2 Å². The number of carboxylic acid groups (broad SMARTS) is 1. The number of halogens is 2. The lowest BCUT2D eigenvalue weighted by Crippen LogP contribution is -2.12. The monoisotopic (exact) mass is 731 g/mol. The van der Waals surface area contributed by atoms with Crippen molar-refractivity contribution in [3.8, 4) is 16.9 Å². The van der Waals surface area contributed by atoms with E-state index in [0.717, 1.165) is 79.7 Å². The summed E-state index contributed by atoms with van der Waals surface area (Å²) in [4.78, 5) is 12.8. The second-order valence-corrected chi connectivity index (χ2v) is 14.6. The molecule has 0 atom stereocenters. The number of ether oxygens (including phenoxy) is 2. The minimum Gasteiger partial charge on any atom is -0.493 e. The molecule has 1 aliphatic heterocycles. The molecule has 0 radical (unpaired) electrons. The molecular formula is C38H39Cl2N5O4S. The van der Waals surface area contributed by atoms with Crippen LogP contribution in [0.25, 0.3) is 32.8 Å². The molecule has 7 rings (SSSR count). The zero-order valence-electron chi connectivity index (χ0n) is 28.6. The Morgan fingerprint density at radius 2 is 1.88 bits per heavy atom. The third-order valence-electron chi connectivity index (χ3n) is 9.57. The van der Waals surface area contributed by atoms with Crippen molar-refractivity contribution in [2.24, 2.45) is 7.05 Å². The van der Waals surface area contributed by atoms with Gasteiger partial charge in [-0.1, -0.05) is 29.3 Å². The van der Waals surface area contributed by atoms with Gasteiger partial charge in [0, 0.05) is 81.1 Å². The lowest BCUT2D eigenvalue weighted by Gasteiger charge is -2.14. The average Bonchev–Trinajstić information content (AvgIpc) is 3.69. The molecule has 0 unspecified atom stereocenters. The van der Waals surface area contributed by atoms with Gasteiger partial charge in [0.25, 0.3) is 0 Å². The number of aryl methyl sites for hydroxylation is 5. The van der Waals surface area contributed by atoms with Crippen LogP contribution in [-0.2, 0) is 49.2 Å². The quantitative estimate of drug-likeness (QED) is 0.194. The zero-order valence-corrected chi connectivity index (χ0v) is 30.9. The Hall–Kier alpha value is -3.96. The van der Waals surface area contributed by atoms with E-state index in [4.69, 9.17) is 42.9 Å². The normalized spacial score (nSPS) is 14.1. The number of methoxy groups -OCH3 is 1. The molecule has 0 spiro atoms. The van der Waals surface area contributed by atoms with Gasteiger partial charge in [-0.15, -0.1) is 11.8 Å². The van der Waals surface area contributed by atoms with E-state index in [1.54, 1.807) is 18.9 Å². The summed E-state index contributed by atoms with van der Waals surface area (Å²) in [6.07, 6.45) is 2.22. The van der Waals surface area contributed by atoms with Crippen LogP contribution in [0.4, 0.5) is 0 Å². The molecule has 50 heavy (non-hydrogen) atoms. The van der Waals surface area contributed by atoms with Crippen molar-refractivity contribution >= 4 is 62.6 Å². The van der Waals surface area contributed by atoms with Crippen molar-refractivity contribution < 1.29 is 19.4 Å². The van der Waals surface area contributed by atoms with E-state index in [2.05, 4.69) is 18.2 Å². The van der Waals surface area contributed by atoms with Gasteiger partial charge in [0.2, 0.25) is 0 Å². The van der Waals surface area contributed by atoms with E-state index >= 15 is 0 Å². The summed E-state index contributed by atoms with van der Waals surface area (Å²) < 4.78 is 17.7. The average molecular weight is 733 g/mol. The van der Waals surface area contributed by atoms with Gasteiger partial charge in [-0.25, -0.2) is 4.79 Å². The molecule has 0 saturated carbocycles. The predicted octanol–water partition coefficient (Wildman–Crippen LogP) is 8.66. The second kappa shape index (κ2) is 14.3. The minimum atomic E-state index is -0.982. The van der Waals surface area contributed by atoms with Crippen LogP contribution in [0.2, 0.25) is 10.0 Å². The Labute approximate surface area is 305 Å². The Morgan fingerprint density at radius 1 is 1.04 bits per heavy atom. The van der Waals surface area contributed by atoms with Crippen LogP contribution in [0.3, 0.4) is 0 Å². The van der Waals surface area contributed by atoms with Gasteiger partial charge < -0.3 is 19.1 Å². The number of hydrogen-bond donors (Lipinski definition) is 1. The molecule has 6 aromatic rings. The number of rotatable bonds is 4. The smallest absolute Gasteiger partial charge is 0.352 e. The highest BCUT2D eigenvalue weighted by Crippen LogP contribution is 2.43. The number of nitrogens with zero attached hydrogens (tertiary/aromatic N) is 5. The van der Waals surface area contributed by atoms with Gasteiger partial charge in [-0.05, 0) is 92.1 Å². The Bertz CT molecular complexity index is 2260. The van der Waals surface area contributed by atoms with Gasteiger partial charge in [-0.3, -0.25) is 9.36 Å². The van der Waals surface area contributed by atoms with Crippen LogP contribution < -0.4 is 4.74 Å². The van der Waals surface area contributed by atoms with Gasteiger partial charge in [0.1, 0.15) is 11.4 Å². The number of carbonyl (C=O) groups is 1. The summed E-state index contributed by atoms with van der Waals surface area (Å²) in [6.45, 7) is 5.86. The highest BCUT2D eigenvalue weighted by Gasteiger charge is 2.27. The van der Waals surface area contributed by atoms with E-state index in [9.17, 15) is 9.90 Å². The lowest BCUT2D eigenvalue weighted by molar-refractivity contribution is 0.0684. The van der Waals surface area contributed by atoms with Gasteiger partial charge in [0.05, 0.1) is 31.1 Å². The summed E-state index contributed by atoms with van der Waals surface area (Å²) in [6, 6.07) is 16.1. The first-order valence-corrected chi connectivity index (χ1v) is 18.6. The number of hydrogen-bond acceptors (Lipinski definition) is 6. The van der Waals surface area contributed by atoms with E-state index < -0.39 is 5.97 Å². The highest BCUT2D eigenvalue weighted by molar-refractivity contribution is 7.97. The van der Waals surface area contributed by atoms with Gasteiger partial charge in [-0.2, -0.15) is 10.2 Å². The molecule has 12 heteroatoms. The van der Waals surface area contributed by atoms with Crippen LogP contribution >= 0.6 is 35.0 Å². The molecule has 0 aliphatic carbocycles. The van der Waals surface area contributed by atoms with Crippen LogP contribution in [0, 0.1) is 13.8 Å². The first kappa shape index (κ1) is 34.5. The zero-order chi connectivity index (χ0) is 35.1. The maximum atomic E-state index is 12.8. The molecule has 0 amide bonds. The lowest BCUT2D eigenvalue weighted by atomic mass is 9.97. The standard InChI is InChI=1S/C38H39Cl2N5O4S/c1-22-34-32-11-10-30(40)36(34)35-23(2)45(13-15-48-4)42-31(35)21-50-20-27-19-28(43(3)41-27)8-6-24-16-25-18-26(39)7-9-29(25)33(17-24)49-14-5-12-44(32)37(22)38(46)47/h7,9-11,16-19H,5-6,8,12-15,20-21H2,1-4H3,(H,46,47). The molecule has 0 saturated heterocycles. The molecular weight excluding hydrogens is 693 g/mol. The second-order valence-electron chi connectivity index (χ2n) is 12.8. The van der Waals surface area contributed by atoms with Crippen molar-refractivity contribution in [2.45, 2.75) is 57.7 Å². The van der Waals surface area contributed by atoms with Crippen LogP contribution in [0.1, 0.15) is 50.8 Å². The van der Waals surface area contributed by atoms with Crippen LogP contribution in [0.15, 0.2) is 48.5 Å². The number of benzene rings is 3. The summed E-state index contributed by atoms with van der Waals surface area (Å²) in [5.74, 6) is 1.14. The van der Waals surface area contributed by atoms with Crippen molar-refractivity contribution in [1.82, 2.24) is 24.1 Å². The maximum absolute atomic E-state index is 12.8. The molecule has 8 bridgehead atoms. The molecule has 9 nitrogen and oxygen atoms in total. The summed E-state index contributed by atoms with van der Waals surface area (Å²) >= 11 is 15.2. The van der Waals surface area contributed by atoms with Crippen molar-refractivity contribution in [3.63, 3.8) is 0 Å². The fourth-order valence-electron chi connectivity index (χ4n) is 7.23. The Morgan fingerprint density at radius 3 is 2.68 bits per heavy atom. The number of carboxylic acids is 1. The van der Waals surface area contributed by atoms with Gasteiger partial charge >= 0.3 is 5.97 Å². The first-order valence-electron chi connectivity index (χ1n) is 16.7. The van der Waals surface area contributed by atoms with E-state index in [0.29, 0.717) is 59.8 Å². The SMILES string of the molecule is COCCn1nc2c(c1C)-c1c(Cl)ccc3c1c(C)c(C(=O)O)n3CCCOc1cc(cc3cc(Cl)ccc13)CCc1cc(nn1C)CSC2. The molecule has 1 N–H and O–H groups in total. The molecule has 1 aliphatic rings. The van der Waals surface area contributed by atoms with Gasteiger partial charge in [0.15, 0.2) is 0 Å². The van der Waals surface area contributed by atoms with Crippen LogP contribution in [-0.4, -0.2) is 55.5 Å². The topological polar surface area (TPSA) is 96.3 Å². The fraction of sp³-hybridized carbons (Fsp3) is 0.342. The maximum Gasteiger partial charge on any atom is 0.352 e. The van der Waals surface area contributed by atoms with Crippen molar-refractivity contribution in [1.29, 1.82) is 0 Å². The third-order valence-corrected chi connectivity index (χ3v) is 11.1. The molecule has 260 valence electrons. The van der Waals surface area contributed by atoms with Crippen molar-refractivity contribution in [2.75, 3.05) is 20.3 Å². The highest BCUT2D eigenvalue weighted by atomic mass is 35.5. The number of fused-ring (bicyclic) bond motifs is 8. The fourth-order valence-corrected chi connectivity index (χ4v) is 8.51. The summed E-state index contributed by atoms with van der Waals surface area (Å²) in [7, 11) is 3.68. The third kappa shape index (κ3) is 6.50. The molecule has 0 fully saturated rings. The number of aromatic nitrogens is 5. The number of aromatic carboxylic acids is 1. The molecule has 4 heterocycles. The van der Waals surface area contributed by atoms with E-state index in [-0.39, 0.29) is 5.69 Å². The first-order chi connectivity index (χ1) is 24.1. The number of thioether (sulfide) groups is 1. The largest absolute Gasteiger partial charge is 0.493 e. The van der Waals surface area contributed by atoms with E-state index in [1.165, 1.54) is 0 Å². The van der Waals surface area contributed by atoms with Crippen molar-refractivity contribution in [3.05, 3.63) is 98.2 Å². The predicted molar refractivity (Wildman–Crippen MR) is 201 cm³/mol. The Balaban J connectivity index is 1.36.